The maximum absolute atomic E-state index is 11.8. The molecule has 149 valence electrons. The first-order chi connectivity index (χ1) is 13.8. The maximum atomic E-state index is 11.8. The normalized spacial score (nSPS) is 10.4. The third-order valence-electron chi connectivity index (χ3n) is 3.95. The van der Waals surface area contributed by atoms with Gasteiger partial charge < -0.3 is 10.6 Å². The van der Waals surface area contributed by atoms with Crippen LogP contribution in [0.5, 0.6) is 0 Å². The molecule has 0 aliphatic heterocycles. The molecule has 28 heavy (non-hydrogen) atoms. The molecular weight excluding hydrogens is 390 g/mol. The van der Waals surface area contributed by atoms with Crippen molar-refractivity contribution in [2.45, 2.75) is 37.1 Å². The van der Waals surface area contributed by atoms with Gasteiger partial charge >= 0.3 is 0 Å². The third-order valence-corrected chi connectivity index (χ3v) is 6.22. The van der Waals surface area contributed by atoms with Crippen LogP contribution < -0.4 is 10.6 Å². The highest BCUT2D eigenvalue weighted by atomic mass is 33.1. The monoisotopic (exact) mass is 416 g/mol. The SMILES string of the molecule is O=[C]c1ccc(NCCCCCCNC(=O)CCSSc2ccccn2)cc1. The topological polar surface area (TPSA) is 71.1 Å². The lowest BCUT2D eigenvalue weighted by Gasteiger charge is -2.07. The lowest BCUT2D eigenvalue weighted by atomic mass is 10.2. The van der Waals surface area contributed by atoms with Crippen molar-refractivity contribution >= 4 is 39.5 Å². The van der Waals surface area contributed by atoms with Crippen LogP contribution in [0.4, 0.5) is 5.69 Å². The summed E-state index contributed by atoms with van der Waals surface area (Å²) < 4.78 is 0. The Kier molecular flexibility index (Phi) is 11.2. The predicted molar refractivity (Wildman–Crippen MR) is 118 cm³/mol. The molecule has 0 saturated carbocycles. The number of hydrogen-bond acceptors (Lipinski definition) is 6. The number of nitrogens with zero attached hydrogens (tertiary/aromatic N) is 1. The van der Waals surface area contributed by atoms with Gasteiger partial charge in [-0.3, -0.25) is 9.59 Å². The summed E-state index contributed by atoms with van der Waals surface area (Å²) in [6.45, 7) is 1.65. The van der Waals surface area contributed by atoms with Gasteiger partial charge in [-0.15, -0.1) is 0 Å². The van der Waals surface area contributed by atoms with E-state index >= 15 is 0 Å². The fraction of sp³-hybridized carbons (Fsp3) is 0.381. The highest BCUT2D eigenvalue weighted by molar-refractivity contribution is 8.76. The second-order valence-electron chi connectivity index (χ2n) is 6.19. The Bertz CT molecular complexity index is 697. The van der Waals surface area contributed by atoms with E-state index in [4.69, 9.17) is 0 Å². The minimum absolute atomic E-state index is 0.117. The molecule has 2 rings (SSSR count). The van der Waals surface area contributed by atoms with Gasteiger partial charge in [0, 0.05) is 42.7 Å². The molecule has 5 nitrogen and oxygen atoms in total. The van der Waals surface area contributed by atoms with Crippen LogP contribution in [0, 0.1) is 0 Å². The zero-order chi connectivity index (χ0) is 19.9. The van der Waals surface area contributed by atoms with E-state index in [1.807, 2.05) is 36.6 Å². The number of aromatic nitrogens is 1. The minimum atomic E-state index is 0.117. The minimum Gasteiger partial charge on any atom is -0.385 e. The second kappa shape index (κ2) is 14.1. The summed E-state index contributed by atoms with van der Waals surface area (Å²) in [5.74, 6) is 0.900. The van der Waals surface area contributed by atoms with Crippen molar-refractivity contribution < 1.29 is 9.59 Å². The molecule has 1 radical (unpaired) electrons. The van der Waals surface area contributed by atoms with Gasteiger partial charge in [0.2, 0.25) is 12.2 Å². The molecule has 0 unspecified atom stereocenters. The molecule has 1 amide bonds. The summed E-state index contributed by atoms with van der Waals surface area (Å²) in [6.07, 6.45) is 8.49. The van der Waals surface area contributed by atoms with Crippen LogP contribution in [0.1, 0.15) is 37.7 Å². The molecule has 0 spiro atoms. The second-order valence-corrected chi connectivity index (χ2v) is 8.63. The summed E-state index contributed by atoms with van der Waals surface area (Å²) >= 11 is 0. The zero-order valence-electron chi connectivity index (χ0n) is 15.9. The summed E-state index contributed by atoms with van der Waals surface area (Å²) in [5, 5.41) is 7.29. The lowest BCUT2D eigenvalue weighted by Crippen LogP contribution is -2.24. The number of benzene rings is 1. The summed E-state index contributed by atoms with van der Waals surface area (Å²) in [6, 6.07) is 13.1. The fourth-order valence-electron chi connectivity index (χ4n) is 2.44. The average molecular weight is 417 g/mol. The molecule has 0 fully saturated rings. The van der Waals surface area contributed by atoms with Gasteiger partial charge in [-0.1, -0.05) is 29.7 Å². The third kappa shape index (κ3) is 9.80. The van der Waals surface area contributed by atoms with Crippen LogP contribution >= 0.6 is 21.6 Å². The van der Waals surface area contributed by atoms with Crippen molar-refractivity contribution in [3.05, 3.63) is 54.2 Å². The Morgan fingerprint density at radius 3 is 2.50 bits per heavy atom. The number of pyridine rings is 1. The van der Waals surface area contributed by atoms with Crippen molar-refractivity contribution in [3.8, 4) is 0 Å². The van der Waals surface area contributed by atoms with E-state index in [0.717, 1.165) is 55.2 Å². The molecule has 0 saturated heterocycles. The molecule has 7 heteroatoms. The number of amides is 1. The number of unbranched alkanes of at least 4 members (excludes halogenated alkanes) is 3. The lowest BCUT2D eigenvalue weighted by molar-refractivity contribution is -0.120. The molecule has 0 aliphatic carbocycles. The van der Waals surface area contributed by atoms with Crippen molar-refractivity contribution in [1.82, 2.24) is 10.3 Å². The van der Waals surface area contributed by atoms with E-state index in [9.17, 15) is 9.59 Å². The fourth-order valence-corrected chi connectivity index (χ4v) is 4.31. The highest BCUT2D eigenvalue weighted by Gasteiger charge is 2.02. The zero-order valence-corrected chi connectivity index (χ0v) is 17.5. The van der Waals surface area contributed by atoms with Gasteiger partial charge in [0.15, 0.2) is 0 Å². The van der Waals surface area contributed by atoms with E-state index in [1.54, 1.807) is 39.9 Å². The predicted octanol–water partition coefficient (Wildman–Crippen LogP) is 4.46. The molecular formula is C21H26N3O2S2. The van der Waals surface area contributed by atoms with Gasteiger partial charge in [0.1, 0.15) is 5.03 Å². The summed E-state index contributed by atoms with van der Waals surface area (Å²) in [4.78, 5) is 26.5. The molecule has 1 heterocycles. The molecule has 0 atom stereocenters. The number of carbonyl (C=O) groups is 1. The smallest absolute Gasteiger partial charge is 0.233 e. The maximum Gasteiger partial charge on any atom is 0.233 e. The largest absolute Gasteiger partial charge is 0.385 e. The average Bonchev–Trinajstić information content (AvgIpc) is 2.74. The number of nitrogens with one attached hydrogen (secondary N) is 2. The molecule has 2 N–H and O–H groups in total. The quantitative estimate of drug-likeness (QED) is 0.350. The van der Waals surface area contributed by atoms with Gasteiger partial charge in [-0.25, -0.2) is 4.98 Å². The number of carbonyl (C=O) groups excluding carboxylic acids is 2. The Morgan fingerprint density at radius 1 is 1.00 bits per heavy atom. The first-order valence-corrected chi connectivity index (χ1v) is 11.8. The molecule has 0 aliphatic rings. The van der Waals surface area contributed by atoms with E-state index in [1.165, 1.54) is 0 Å². The van der Waals surface area contributed by atoms with E-state index in [2.05, 4.69) is 15.6 Å². The summed E-state index contributed by atoms with van der Waals surface area (Å²) in [5.41, 5.74) is 1.59. The van der Waals surface area contributed by atoms with Crippen molar-refractivity contribution in [3.63, 3.8) is 0 Å². The molecule has 2 aromatic rings. The Morgan fingerprint density at radius 2 is 1.79 bits per heavy atom. The van der Waals surface area contributed by atoms with Crippen molar-refractivity contribution in [2.24, 2.45) is 0 Å². The Hall–Kier alpha value is -1.99. The Labute approximate surface area is 174 Å². The van der Waals surface area contributed by atoms with Crippen molar-refractivity contribution in [1.29, 1.82) is 0 Å². The number of anilines is 1. The van der Waals surface area contributed by atoms with Crippen molar-refractivity contribution in [2.75, 3.05) is 24.2 Å². The van der Waals surface area contributed by atoms with Crippen LogP contribution in [0.2, 0.25) is 0 Å². The first-order valence-electron chi connectivity index (χ1n) is 9.47. The van der Waals surface area contributed by atoms with Crippen LogP contribution in [-0.4, -0.2) is 36.0 Å². The molecule has 0 bridgehead atoms. The highest BCUT2D eigenvalue weighted by Crippen LogP contribution is 2.29. The molecule has 1 aromatic carbocycles. The molecule has 1 aromatic heterocycles. The number of rotatable bonds is 14. The van der Waals surface area contributed by atoms with Gasteiger partial charge in [0.25, 0.3) is 0 Å². The van der Waals surface area contributed by atoms with E-state index in [-0.39, 0.29) is 5.91 Å². The van der Waals surface area contributed by atoms with Crippen LogP contribution in [0.3, 0.4) is 0 Å². The van der Waals surface area contributed by atoms with Crippen LogP contribution in [-0.2, 0) is 9.59 Å². The standard InChI is InChI=1S/C21H26N3O2S2/c25-17-18-8-10-19(11-9-18)22-13-4-1-2-5-14-23-20(26)12-16-27-28-21-7-3-6-15-24-21/h3,6-11,15,22H,1-2,4-5,12-14,16H2,(H,23,26). The van der Waals surface area contributed by atoms with Gasteiger partial charge in [0.05, 0.1) is 0 Å². The van der Waals surface area contributed by atoms with E-state index in [0.29, 0.717) is 12.0 Å². The number of hydrogen-bond donors (Lipinski definition) is 2. The van der Waals surface area contributed by atoms with E-state index < -0.39 is 0 Å². The van der Waals surface area contributed by atoms with Gasteiger partial charge in [-0.05, 0) is 60.0 Å². The van der Waals surface area contributed by atoms with Gasteiger partial charge in [-0.2, -0.15) is 0 Å². The van der Waals surface area contributed by atoms with Crippen LogP contribution in [0.15, 0.2) is 53.7 Å². The Balaban J connectivity index is 1.39. The first kappa shape index (κ1) is 22.3. The van der Waals surface area contributed by atoms with Crippen LogP contribution in [0.25, 0.3) is 0 Å². The summed E-state index contributed by atoms with van der Waals surface area (Å²) in [7, 11) is 3.26.